The Labute approximate surface area is 215 Å². The van der Waals surface area contributed by atoms with Crippen LogP contribution in [0.3, 0.4) is 0 Å². The molecule has 0 aliphatic carbocycles. The number of rotatable bonds is 8. The average molecular weight is 498 g/mol. The maximum Gasteiger partial charge on any atom is 0.287 e. The normalized spacial score (nSPS) is 12.0. The molecule has 0 amide bonds. The summed E-state index contributed by atoms with van der Waals surface area (Å²) in [5.41, 5.74) is 5.77. The van der Waals surface area contributed by atoms with Crippen LogP contribution in [0.5, 0.6) is 0 Å². The van der Waals surface area contributed by atoms with Crippen molar-refractivity contribution in [3.05, 3.63) is 123 Å². The van der Waals surface area contributed by atoms with E-state index in [2.05, 4.69) is 62.9 Å². The fourth-order valence-corrected chi connectivity index (χ4v) is 4.68. The van der Waals surface area contributed by atoms with E-state index in [1.54, 1.807) is 6.20 Å². The van der Waals surface area contributed by atoms with Crippen LogP contribution in [0.25, 0.3) is 10.9 Å². The zero-order valence-electron chi connectivity index (χ0n) is 20.3. The highest BCUT2D eigenvalue weighted by Crippen LogP contribution is 2.32. The Kier molecular flexibility index (Phi) is 6.78. The molecule has 0 radical (unpaired) electrons. The van der Waals surface area contributed by atoms with Crippen molar-refractivity contribution < 1.29 is 0 Å². The van der Waals surface area contributed by atoms with E-state index in [4.69, 9.17) is 11.6 Å². The average Bonchev–Trinajstić information content (AvgIpc) is 3.33. The molecule has 182 valence electrons. The summed E-state index contributed by atoms with van der Waals surface area (Å²) in [6.07, 6.45) is 3.70. The Bertz CT molecular complexity index is 1520. The van der Waals surface area contributed by atoms with Gasteiger partial charge >= 0.3 is 0 Å². The highest BCUT2D eigenvalue weighted by molar-refractivity contribution is 6.32. The van der Waals surface area contributed by atoms with Crippen molar-refractivity contribution in [2.24, 2.45) is 0 Å². The van der Waals surface area contributed by atoms with Gasteiger partial charge in [-0.2, -0.15) is 5.10 Å². The van der Waals surface area contributed by atoms with E-state index in [1.165, 1.54) is 21.2 Å². The zero-order chi connectivity index (χ0) is 25.1. The molecular formula is C29H28ClN5O. The van der Waals surface area contributed by atoms with Gasteiger partial charge in [0.1, 0.15) is 5.02 Å². The molecule has 0 aliphatic heterocycles. The van der Waals surface area contributed by atoms with Crippen molar-refractivity contribution in [3.8, 4) is 0 Å². The molecule has 0 unspecified atom stereocenters. The number of H-pyrrole nitrogens is 1. The van der Waals surface area contributed by atoms with Crippen molar-refractivity contribution in [2.45, 2.75) is 12.5 Å². The number of nitrogens with zero attached hydrogens (tertiary/aromatic N) is 3. The number of fused-ring (bicyclic) bond motifs is 1. The van der Waals surface area contributed by atoms with Crippen molar-refractivity contribution in [1.82, 2.24) is 14.8 Å². The lowest BCUT2D eigenvalue weighted by molar-refractivity contribution is 0.639. The predicted molar refractivity (Wildman–Crippen MR) is 148 cm³/mol. The van der Waals surface area contributed by atoms with Crippen LogP contribution in [0.2, 0.25) is 5.02 Å². The maximum absolute atomic E-state index is 12.9. The van der Waals surface area contributed by atoms with Gasteiger partial charge in [0.2, 0.25) is 0 Å². The molecule has 0 saturated carbocycles. The molecule has 2 aromatic heterocycles. The molecular weight excluding hydrogens is 470 g/mol. The topological polar surface area (TPSA) is 66.0 Å². The number of hydrogen-bond acceptors (Lipinski definition) is 4. The minimum Gasteiger partial charge on any atom is -0.381 e. The summed E-state index contributed by atoms with van der Waals surface area (Å²) in [6, 6.07) is 26.6. The molecule has 2 heterocycles. The van der Waals surface area contributed by atoms with Gasteiger partial charge in [-0.15, -0.1) is 0 Å². The van der Waals surface area contributed by atoms with Crippen LogP contribution in [-0.2, 0) is 6.54 Å². The largest absolute Gasteiger partial charge is 0.381 e. The third-order valence-corrected chi connectivity index (χ3v) is 6.83. The molecule has 0 spiro atoms. The van der Waals surface area contributed by atoms with Crippen LogP contribution in [0, 0.1) is 0 Å². The van der Waals surface area contributed by atoms with Gasteiger partial charge < -0.3 is 15.2 Å². The van der Waals surface area contributed by atoms with Gasteiger partial charge in [0.05, 0.1) is 18.4 Å². The van der Waals surface area contributed by atoms with Crippen LogP contribution in [0.15, 0.2) is 96.1 Å². The van der Waals surface area contributed by atoms with E-state index in [0.717, 1.165) is 16.8 Å². The van der Waals surface area contributed by atoms with Gasteiger partial charge in [0.25, 0.3) is 5.56 Å². The third-order valence-electron chi connectivity index (χ3n) is 6.47. The molecule has 1 atom stereocenters. The summed E-state index contributed by atoms with van der Waals surface area (Å²) in [5, 5.41) is 9.09. The molecule has 36 heavy (non-hydrogen) atoms. The van der Waals surface area contributed by atoms with E-state index < -0.39 is 0 Å². The van der Waals surface area contributed by atoms with Crippen LogP contribution in [0.4, 0.5) is 11.4 Å². The van der Waals surface area contributed by atoms with Crippen molar-refractivity contribution in [3.63, 3.8) is 0 Å². The lowest BCUT2D eigenvalue weighted by Crippen LogP contribution is -2.25. The number of para-hydroxylation sites is 1. The molecule has 2 N–H and O–H groups in total. The third kappa shape index (κ3) is 4.86. The van der Waals surface area contributed by atoms with Crippen LogP contribution >= 0.6 is 11.6 Å². The van der Waals surface area contributed by atoms with E-state index in [1.807, 2.05) is 56.6 Å². The molecule has 5 aromatic rings. The monoisotopic (exact) mass is 497 g/mol. The van der Waals surface area contributed by atoms with Gasteiger partial charge in [-0.25, -0.2) is 4.68 Å². The summed E-state index contributed by atoms with van der Waals surface area (Å²) in [5.74, 6) is 0.0279. The van der Waals surface area contributed by atoms with Gasteiger partial charge in [-0.1, -0.05) is 72.3 Å². The first kappa shape index (κ1) is 23.7. The standard InChI is InChI=1S/C29H28ClN5O/c1-34(2)22-14-12-21(13-15-22)24(25-17-31-26-11-7-6-10-23(25)26)16-32-27-18-33-35(29(36)28(27)30)19-20-8-4-3-5-9-20/h3-15,17-18,24,31-32H,16,19H2,1-2H3/t24-/m0/s1. The fraction of sp³-hybridized carbons (Fsp3) is 0.172. The first-order valence-electron chi connectivity index (χ1n) is 11.9. The lowest BCUT2D eigenvalue weighted by atomic mass is 9.90. The number of aromatic nitrogens is 3. The quantitative estimate of drug-likeness (QED) is 0.287. The summed E-state index contributed by atoms with van der Waals surface area (Å²) >= 11 is 6.52. The van der Waals surface area contributed by atoms with Crippen LogP contribution in [0.1, 0.15) is 22.6 Å². The minimum absolute atomic E-state index is 0.0279. The minimum atomic E-state index is -0.315. The summed E-state index contributed by atoms with van der Waals surface area (Å²) < 4.78 is 1.39. The molecule has 6 nitrogen and oxygen atoms in total. The first-order valence-corrected chi connectivity index (χ1v) is 12.3. The number of aromatic amines is 1. The SMILES string of the molecule is CN(C)c1ccc([C@H](CNc2cnn(Cc3ccccc3)c(=O)c2Cl)c2c[nH]c3ccccc23)cc1. The van der Waals surface area contributed by atoms with Gasteiger partial charge in [-0.05, 0) is 34.9 Å². The zero-order valence-corrected chi connectivity index (χ0v) is 21.0. The summed E-state index contributed by atoms with van der Waals surface area (Å²) in [4.78, 5) is 18.4. The highest BCUT2D eigenvalue weighted by atomic mass is 35.5. The number of anilines is 2. The molecule has 0 bridgehead atoms. The Morgan fingerprint density at radius 1 is 1.00 bits per heavy atom. The molecule has 0 fully saturated rings. The van der Waals surface area contributed by atoms with E-state index in [-0.39, 0.29) is 16.5 Å². The van der Waals surface area contributed by atoms with Crippen molar-refractivity contribution in [1.29, 1.82) is 0 Å². The lowest BCUT2D eigenvalue weighted by Gasteiger charge is -2.21. The molecule has 0 saturated heterocycles. The number of hydrogen-bond donors (Lipinski definition) is 2. The van der Waals surface area contributed by atoms with Crippen LogP contribution < -0.4 is 15.8 Å². The second-order valence-electron chi connectivity index (χ2n) is 9.03. The van der Waals surface area contributed by atoms with Crippen molar-refractivity contribution in [2.75, 3.05) is 30.9 Å². The Balaban J connectivity index is 1.44. The molecule has 7 heteroatoms. The number of halogens is 1. The molecule has 0 aliphatic rings. The van der Waals surface area contributed by atoms with Crippen LogP contribution in [-0.4, -0.2) is 35.4 Å². The molecule has 3 aromatic carbocycles. The Hall–Kier alpha value is -4.03. The smallest absolute Gasteiger partial charge is 0.287 e. The maximum atomic E-state index is 12.9. The number of benzene rings is 3. The first-order chi connectivity index (χ1) is 17.5. The van der Waals surface area contributed by atoms with Crippen molar-refractivity contribution >= 4 is 33.9 Å². The Morgan fingerprint density at radius 2 is 1.72 bits per heavy atom. The second-order valence-corrected chi connectivity index (χ2v) is 9.41. The Morgan fingerprint density at radius 3 is 2.47 bits per heavy atom. The fourth-order valence-electron chi connectivity index (χ4n) is 4.46. The predicted octanol–water partition coefficient (Wildman–Crippen LogP) is 5.74. The van der Waals surface area contributed by atoms with E-state index >= 15 is 0 Å². The summed E-state index contributed by atoms with van der Waals surface area (Å²) in [7, 11) is 4.06. The highest BCUT2D eigenvalue weighted by Gasteiger charge is 2.20. The van der Waals surface area contributed by atoms with E-state index in [0.29, 0.717) is 18.8 Å². The van der Waals surface area contributed by atoms with E-state index in [9.17, 15) is 4.79 Å². The second kappa shape index (κ2) is 10.3. The van der Waals surface area contributed by atoms with Gasteiger partial charge in [0.15, 0.2) is 0 Å². The molecule has 5 rings (SSSR count). The summed E-state index contributed by atoms with van der Waals surface area (Å²) in [6.45, 7) is 0.919. The number of nitrogens with one attached hydrogen (secondary N) is 2. The van der Waals surface area contributed by atoms with Gasteiger partial charge in [0, 0.05) is 49.3 Å². The van der Waals surface area contributed by atoms with Gasteiger partial charge in [-0.3, -0.25) is 4.79 Å².